The minimum atomic E-state index is -3.23. The summed E-state index contributed by atoms with van der Waals surface area (Å²) in [4.78, 5) is 34.2. The number of alkyl carbamates (subject to hydrolysis) is 1. The molecule has 0 aliphatic heterocycles. The third-order valence-electron chi connectivity index (χ3n) is 2.44. The predicted molar refractivity (Wildman–Crippen MR) is 80.4 cm³/mol. The van der Waals surface area contributed by atoms with Crippen LogP contribution in [0.4, 0.5) is 4.79 Å². The van der Waals surface area contributed by atoms with E-state index in [1.54, 1.807) is 13.0 Å². The second kappa shape index (κ2) is 8.28. The fraction of sp³-hybridized carbons (Fsp3) is 0.357. The van der Waals surface area contributed by atoms with E-state index < -0.39 is 34.4 Å². The largest absolute Gasteiger partial charge is 0.452 e. The molecule has 0 aliphatic carbocycles. The van der Waals surface area contributed by atoms with E-state index in [4.69, 9.17) is 4.74 Å². The summed E-state index contributed by atoms with van der Waals surface area (Å²) in [5.41, 5.74) is 0.535. The summed E-state index contributed by atoms with van der Waals surface area (Å²) in [6.07, 6.45) is 0.154. The summed E-state index contributed by atoms with van der Waals surface area (Å²) in [7, 11) is -3.23. The summed E-state index contributed by atoms with van der Waals surface area (Å²) in [6, 6.07) is 5.87. The molecule has 23 heavy (non-hydrogen) atoms. The summed E-state index contributed by atoms with van der Waals surface area (Å²) in [5, 5.41) is 1.87. The van der Waals surface area contributed by atoms with Crippen LogP contribution >= 0.6 is 0 Å². The van der Waals surface area contributed by atoms with Crippen LogP contribution in [0.1, 0.15) is 22.8 Å². The Hall–Kier alpha value is -2.42. The van der Waals surface area contributed by atoms with Gasteiger partial charge in [0.05, 0.1) is 17.9 Å². The van der Waals surface area contributed by atoms with Gasteiger partial charge in [0.25, 0.3) is 5.91 Å². The number of sulfone groups is 1. The molecule has 1 aromatic carbocycles. The highest BCUT2D eigenvalue weighted by atomic mass is 32.2. The van der Waals surface area contributed by atoms with Gasteiger partial charge in [0.2, 0.25) is 0 Å². The van der Waals surface area contributed by atoms with Crippen LogP contribution in [-0.4, -0.2) is 45.9 Å². The van der Waals surface area contributed by atoms with Gasteiger partial charge in [-0.25, -0.2) is 18.0 Å². The Morgan fingerprint density at radius 3 is 2.48 bits per heavy atom. The first-order valence-electron chi connectivity index (χ1n) is 6.61. The number of rotatable bonds is 6. The minimum Gasteiger partial charge on any atom is -0.452 e. The molecule has 0 unspecified atom stereocenters. The smallest absolute Gasteiger partial charge is 0.413 e. The maximum Gasteiger partial charge on any atom is 0.413 e. The van der Waals surface area contributed by atoms with Crippen molar-refractivity contribution in [1.82, 2.24) is 5.32 Å². The first-order valence-corrected chi connectivity index (χ1v) is 8.67. The van der Waals surface area contributed by atoms with E-state index in [2.05, 4.69) is 4.74 Å². The molecule has 0 bridgehead atoms. The van der Waals surface area contributed by atoms with Crippen molar-refractivity contribution in [3.8, 4) is 0 Å². The lowest BCUT2D eigenvalue weighted by atomic mass is 10.1. The lowest BCUT2D eigenvalue weighted by Gasteiger charge is -2.07. The van der Waals surface area contributed by atoms with Gasteiger partial charge < -0.3 is 9.47 Å². The number of imide groups is 1. The average molecular weight is 343 g/mol. The topological polar surface area (TPSA) is 116 Å². The van der Waals surface area contributed by atoms with Gasteiger partial charge in [-0.15, -0.1) is 0 Å². The number of benzene rings is 1. The number of ether oxygens (including phenoxy) is 2. The zero-order valence-corrected chi connectivity index (χ0v) is 13.5. The van der Waals surface area contributed by atoms with Crippen molar-refractivity contribution in [3.63, 3.8) is 0 Å². The summed E-state index contributed by atoms with van der Waals surface area (Å²) >= 11 is 0. The molecule has 0 spiro atoms. The van der Waals surface area contributed by atoms with E-state index >= 15 is 0 Å². The Bertz CT molecular complexity index is 697. The Kier molecular flexibility index (Phi) is 6.70. The Labute approximate surface area is 133 Å². The van der Waals surface area contributed by atoms with Gasteiger partial charge in [0, 0.05) is 6.26 Å². The van der Waals surface area contributed by atoms with Crippen molar-refractivity contribution in [3.05, 3.63) is 35.4 Å². The Balaban J connectivity index is 2.60. The van der Waals surface area contributed by atoms with Crippen molar-refractivity contribution in [2.75, 3.05) is 19.5 Å². The molecule has 0 heterocycles. The highest BCUT2D eigenvalue weighted by molar-refractivity contribution is 7.89. The predicted octanol–water partition coefficient (Wildman–Crippen LogP) is 0.661. The number of carbonyl (C=O) groups excluding carboxylic acids is 3. The lowest BCUT2D eigenvalue weighted by molar-refractivity contribution is -0.123. The molecule has 1 rings (SSSR count). The second-order valence-electron chi connectivity index (χ2n) is 4.62. The second-order valence-corrected chi connectivity index (χ2v) is 6.76. The van der Waals surface area contributed by atoms with Gasteiger partial charge in [-0.2, -0.15) is 0 Å². The number of amides is 2. The highest BCUT2D eigenvalue weighted by Crippen LogP contribution is 2.10. The molecule has 126 valence electrons. The normalized spacial score (nSPS) is 10.7. The minimum absolute atomic E-state index is 0.103. The maximum absolute atomic E-state index is 11.8. The molecule has 0 radical (unpaired) electrons. The van der Waals surface area contributed by atoms with Crippen LogP contribution in [0.5, 0.6) is 0 Å². The van der Waals surface area contributed by atoms with Gasteiger partial charge in [-0.3, -0.25) is 10.1 Å². The molecule has 0 fully saturated rings. The quantitative estimate of drug-likeness (QED) is 0.754. The SMILES string of the molecule is CCOC(=O)NC(=O)COC(=O)c1cccc(CS(C)(=O)=O)c1. The third kappa shape index (κ3) is 7.41. The van der Waals surface area contributed by atoms with Crippen LogP contribution in [0, 0.1) is 0 Å². The number of carbonyl (C=O) groups is 3. The Morgan fingerprint density at radius 2 is 1.87 bits per heavy atom. The molecule has 1 N–H and O–H groups in total. The van der Waals surface area contributed by atoms with Crippen LogP contribution in [0.2, 0.25) is 0 Å². The Morgan fingerprint density at radius 1 is 1.17 bits per heavy atom. The van der Waals surface area contributed by atoms with E-state index in [0.717, 1.165) is 6.26 Å². The van der Waals surface area contributed by atoms with Gasteiger partial charge in [0.15, 0.2) is 16.4 Å². The summed E-state index contributed by atoms with van der Waals surface area (Å²) < 4.78 is 31.7. The molecule has 1 aromatic rings. The van der Waals surface area contributed by atoms with E-state index in [1.807, 2.05) is 5.32 Å². The third-order valence-corrected chi connectivity index (χ3v) is 3.30. The molecule has 2 amide bonds. The van der Waals surface area contributed by atoms with Crippen molar-refractivity contribution in [2.45, 2.75) is 12.7 Å². The van der Waals surface area contributed by atoms with Crippen LogP contribution in [-0.2, 0) is 29.9 Å². The van der Waals surface area contributed by atoms with Crippen molar-refractivity contribution >= 4 is 27.8 Å². The molecule has 0 aliphatic rings. The van der Waals surface area contributed by atoms with E-state index in [9.17, 15) is 22.8 Å². The number of nitrogens with one attached hydrogen (secondary N) is 1. The van der Waals surface area contributed by atoms with Gasteiger partial charge in [-0.1, -0.05) is 12.1 Å². The fourth-order valence-electron chi connectivity index (χ4n) is 1.62. The monoisotopic (exact) mass is 343 g/mol. The fourth-order valence-corrected chi connectivity index (χ4v) is 2.41. The number of esters is 1. The molecular formula is C14H17NO7S. The average Bonchev–Trinajstić information content (AvgIpc) is 2.43. The zero-order chi connectivity index (χ0) is 17.5. The van der Waals surface area contributed by atoms with Crippen LogP contribution in [0.3, 0.4) is 0 Å². The van der Waals surface area contributed by atoms with Crippen LogP contribution < -0.4 is 5.32 Å². The van der Waals surface area contributed by atoms with Gasteiger partial charge >= 0.3 is 12.1 Å². The number of hydrogen-bond donors (Lipinski definition) is 1. The van der Waals surface area contributed by atoms with Crippen molar-refractivity contribution in [2.24, 2.45) is 0 Å². The molecule has 0 atom stereocenters. The van der Waals surface area contributed by atoms with Crippen molar-refractivity contribution < 1.29 is 32.3 Å². The summed E-state index contributed by atoms with van der Waals surface area (Å²) in [6.45, 7) is 1.02. The molecule has 0 aromatic heterocycles. The first-order chi connectivity index (χ1) is 10.7. The van der Waals surface area contributed by atoms with E-state index in [-0.39, 0.29) is 17.9 Å². The summed E-state index contributed by atoms with van der Waals surface area (Å²) in [5.74, 6) is -1.85. The lowest BCUT2D eigenvalue weighted by Crippen LogP contribution is -2.34. The van der Waals surface area contributed by atoms with E-state index in [1.165, 1.54) is 18.2 Å². The molecule has 8 nitrogen and oxygen atoms in total. The molecular weight excluding hydrogens is 326 g/mol. The molecule has 9 heteroatoms. The first kappa shape index (κ1) is 18.6. The van der Waals surface area contributed by atoms with E-state index in [0.29, 0.717) is 5.56 Å². The molecule has 0 saturated carbocycles. The zero-order valence-electron chi connectivity index (χ0n) is 12.7. The van der Waals surface area contributed by atoms with Crippen LogP contribution in [0.25, 0.3) is 0 Å². The number of hydrogen-bond acceptors (Lipinski definition) is 7. The standard InChI is InChI=1S/C14H17NO7S/c1-3-21-14(18)15-12(16)8-22-13(17)11-6-4-5-10(7-11)9-23(2,19)20/h4-7H,3,8-9H2,1-2H3,(H,15,16,18). The maximum atomic E-state index is 11.8. The van der Waals surface area contributed by atoms with Crippen molar-refractivity contribution in [1.29, 1.82) is 0 Å². The molecule has 0 saturated heterocycles. The van der Waals surface area contributed by atoms with Gasteiger partial charge in [0.1, 0.15) is 0 Å². The van der Waals surface area contributed by atoms with Crippen LogP contribution in [0.15, 0.2) is 24.3 Å². The van der Waals surface area contributed by atoms with Gasteiger partial charge in [-0.05, 0) is 24.6 Å². The highest BCUT2D eigenvalue weighted by Gasteiger charge is 2.14.